The van der Waals surface area contributed by atoms with E-state index in [4.69, 9.17) is 9.47 Å². The maximum atomic E-state index is 6.19. The van der Waals surface area contributed by atoms with Gasteiger partial charge >= 0.3 is 0 Å². The van der Waals surface area contributed by atoms with E-state index in [1.807, 2.05) is 7.05 Å². The van der Waals surface area contributed by atoms with Gasteiger partial charge in [-0.05, 0) is 45.0 Å². The molecule has 6 nitrogen and oxygen atoms in total. The van der Waals surface area contributed by atoms with Gasteiger partial charge in [0.05, 0.1) is 13.2 Å². The van der Waals surface area contributed by atoms with Crippen LogP contribution < -0.4 is 15.4 Å². The van der Waals surface area contributed by atoms with Crippen LogP contribution in [0.25, 0.3) is 0 Å². The highest BCUT2D eigenvalue weighted by molar-refractivity contribution is 5.79. The summed E-state index contributed by atoms with van der Waals surface area (Å²) in [6.45, 7) is 9.60. The predicted octanol–water partition coefficient (Wildman–Crippen LogP) is 2.80. The van der Waals surface area contributed by atoms with E-state index < -0.39 is 0 Å². The van der Waals surface area contributed by atoms with Crippen LogP contribution in [-0.2, 0) is 11.3 Å². The van der Waals surface area contributed by atoms with E-state index in [-0.39, 0.29) is 6.10 Å². The second-order valence-electron chi connectivity index (χ2n) is 8.27. The Morgan fingerprint density at radius 3 is 2.71 bits per heavy atom. The molecule has 0 bridgehead atoms. The molecule has 0 saturated carbocycles. The van der Waals surface area contributed by atoms with E-state index in [0.29, 0.717) is 25.1 Å². The molecule has 1 aliphatic heterocycles. The molecule has 0 radical (unpaired) electrons. The van der Waals surface area contributed by atoms with Gasteiger partial charge in [0.1, 0.15) is 11.9 Å². The zero-order chi connectivity index (χ0) is 20.5. The number of guanidine groups is 1. The van der Waals surface area contributed by atoms with Gasteiger partial charge in [-0.15, -0.1) is 0 Å². The van der Waals surface area contributed by atoms with E-state index in [9.17, 15) is 0 Å². The van der Waals surface area contributed by atoms with Crippen molar-refractivity contribution in [1.29, 1.82) is 0 Å². The van der Waals surface area contributed by atoms with Gasteiger partial charge < -0.3 is 25.0 Å². The number of rotatable bonds is 9. The highest BCUT2D eigenvalue weighted by atomic mass is 16.5. The molecule has 1 aliphatic rings. The van der Waals surface area contributed by atoms with Gasteiger partial charge in [0.25, 0.3) is 0 Å². The van der Waals surface area contributed by atoms with E-state index >= 15 is 0 Å². The minimum Gasteiger partial charge on any atom is -0.488 e. The zero-order valence-electron chi connectivity index (χ0n) is 18.4. The Bertz CT molecular complexity index is 625. The normalized spacial score (nSPS) is 18.6. The zero-order valence-corrected chi connectivity index (χ0v) is 18.4. The van der Waals surface area contributed by atoms with Crippen molar-refractivity contribution in [3.05, 3.63) is 29.3 Å². The largest absolute Gasteiger partial charge is 0.488 e. The second-order valence-corrected chi connectivity index (χ2v) is 8.27. The molecule has 0 aliphatic carbocycles. The number of aryl methyl sites for hydroxylation is 1. The fourth-order valence-corrected chi connectivity index (χ4v) is 3.34. The van der Waals surface area contributed by atoms with Crippen molar-refractivity contribution in [2.75, 3.05) is 40.9 Å². The molecule has 158 valence electrons. The van der Waals surface area contributed by atoms with Crippen LogP contribution in [0.15, 0.2) is 23.2 Å². The average molecular weight is 391 g/mol. The summed E-state index contributed by atoms with van der Waals surface area (Å²) in [6.07, 6.45) is 2.25. The first-order chi connectivity index (χ1) is 13.4. The Balaban J connectivity index is 1.93. The topological polar surface area (TPSA) is 58.1 Å². The summed E-state index contributed by atoms with van der Waals surface area (Å²) >= 11 is 0. The second kappa shape index (κ2) is 11.3. The van der Waals surface area contributed by atoms with Crippen LogP contribution in [0.4, 0.5) is 0 Å². The Kier molecular flexibility index (Phi) is 9.06. The number of ether oxygens (including phenoxy) is 2. The van der Waals surface area contributed by atoms with Crippen LogP contribution in [0, 0.1) is 12.8 Å². The predicted molar refractivity (Wildman–Crippen MR) is 116 cm³/mol. The van der Waals surface area contributed by atoms with Crippen molar-refractivity contribution < 1.29 is 9.47 Å². The maximum absolute atomic E-state index is 6.19. The quantitative estimate of drug-likeness (QED) is 0.502. The van der Waals surface area contributed by atoms with Crippen molar-refractivity contribution in [3.8, 4) is 5.75 Å². The summed E-state index contributed by atoms with van der Waals surface area (Å²) in [5.74, 6) is 2.41. The van der Waals surface area contributed by atoms with E-state index in [2.05, 4.69) is 73.6 Å². The summed E-state index contributed by atoms with van der Waals surface area (Å²) in [7, 11) is 6.08. The van der Waals surface area contributed by atoms with Crippen LogP contribution in [0.3, 0.4) is 0 Å². The van der Waals surface area contributed by atoms with Crippen LogP contribution in [0.2, 0.25) is 0 Å². The molecule has 1 saturated heterocycles. The number of nitrogens with one attached hydrogen (secondary N) is 2. The van der Waals surface area contributed by atoms with E-state index in [0.717, 1.165) is 43.3 Å². The fourth-order valence-electron chi connectivity index (χ4n) is 3.34. The van der Waals surface area contributed by atoms with Crippen molar-refractivity contribution in [3.63, 3.8) is 0 Å². The minimum absolute atomic E-state index is 0.148. The van der Waals surface area contributed by atoms with E-state index in [1.54, 1.807) is 0 Å². The van der Waals surface area contributed by atoms with Gasteiger partial charge in [-0.2, -0.15) is 0 Å². The summed E-state index contributed by atoms with van der Waals surface area (Å²) < 4.78 is 11.6. The lowest BCUT2D eigenvalue weighted by molar-refractivity contribution is 0.140. The van der Waals surface area contributed by atoms with Crippen LogP contribution in [0.1, 0.15) is 37.8 Å². The number of benzene rings is 1. The Morgan fingerprint density at radius 2 is 2.11 bits per heavy atom. The summed E-state index contributed by atoms with van der Waals surface area (Å²) in [5.41, 5.74) is 2.33. The first kappa shape index (κ1) is 22.5. The average Bonchev–Trinajstić information content (AvgIpc) is 3.14. The lowest BCUT2D eigenvalue weighted by atomic mass is 10.0. The van der Waals surface area contributed by atoms with Gasteiger partial charge in [0, 0.05) is 38.2 Å². The van der Waals surface area contributed by atoms with Crippen LogP contribution in [0.5, 0.6) is 5.75 Å². The number of hydrogen-bond acceptors (Lipinski definition) is 4. The fraction of sp³-hybridized carbons (Fsp3) is 0.682. The molecule has 2 rings (SSSR count). The molecule has 28 heavy (non-hydrogen) atoms. The Hall–Kier alpha value is -1.79. The van der Waals surface area contributed by atoms with Gasteiger partial charge in [-0.1, -0.05) is 26.0 Å². The molecule has 2 unspecified atom stereocenters. The third-order valence-electron chi connectivity index (χ3n) is 5.05. The highest BCUT2D eigenvalue weighted by Crippen LogP contribution is 2.23. The monoisotopic (exact) mass is 390 g/mol. The molecule has 1 fully saturated rings. The third kappa shape index (κ3) is 7.32. The summed E-state index contributed by atoms with van der Waals surface area (Å²) in [6, 6.07) is 6.83. The molecule has 1 aromatic rings. The lowest BCUT2D eigenvalue weighted by Gasteiger charge is -2.27. The summed E-state index contributed by atoms with van der Waals surface area (Å²) in [4.78, 5) is 6.65. The molecular formula is C22H38N4O2. The number of nitrogens with zero attached hydrogens (tertiary/aromatic N) is 2. The van der Waals surface area contributed by atoms with Gasteiger partial charge in [0.15, 0.2) is 5.96 Å². The standard InChI is InChI=1S/C22H38N4O2/c1-16(2)11-19(26(5)6)14-25-22(23-4)24-13-18-8-7-17(3)12-21(18)28-20-9-10-27-15-20/h7-8,12,16,19-20H,9-11,13-15H2,1-6H3,(H2,23,24,25). The Labute approximate surface area is 170 Å². The molecule has 1 heterocycles. The Morgan fingerprint density at radius 1 is 1.32 bits per heavy atom. The number of aliphatic imine (C=N–C) groups is 1. The van der Waals surface area contributed by atoms with Crippen molar-refractivity contribution in [2.24, 2.45) is 10.9 Å². The third-order valence-corrected chi connectivity index (χ3v) is 5.05. The van der Waals surface area contributed by atoms with Crippen LogP contribution >= 0.6 is 0 Å². The van der Waals surface area contributed by atoms with Crippen molar-refractivity contribution >= 4 is 5.96 Å². The first-order valence-electron chi connectivity index (χ1n) is 10.3. The SMILES string of the molecule is CN=C(NCc1ccc(C)cc1OC1CCOC1)NCC(CC(C)C)N(C)C. The minimum atomic E-state index is 0.148. The molecular weight excluding hydrogens is 352 g/mol. The van der Waals surface area contributed by atoms with Crippen molar-refractivity contribution in [1.82, 2.24) is 15.5 Å². The van der Waals surface area contributed by atoms with E-state index in [1.165, 1.54) is 5.56 Å². The molecule has 6 heteroatoms. The van der Waals surface area contributed by atoms with Crippen molar-refractivity contribution in [2.45, 2.75) is 52.3 Å². The first-order valence-corrected chi connectivity index (χ1v) is 10.3. The number of likely N-dealkylation sites (N-methyl/N-ethyl adjacent to an activating group) is 1. The lowest BCUT2D eigenvalue weighted by Crippen LogP contribution is -2.45. The van der Waals surface area contributed by atoms with Gasteiger partial charge in [-0.3, -0.25) is 4.99 Å². The molecule has 2 N–H and O–H groups in total. The molecule has 2 atom stereocenters. The molecule has 0 spiro atoms. The van der Waals surface area contributed by atoms with Crippen LogP contribution in [-0.4, -0.2) is 63.9 Å². The smallest absolute Gasteiger partial charge is 0.191 e. The van der Waals surface area contributed by atoms with Gasteiger partial charge in [0.2, 0.25) is 0 Å². The molecule has 0 amide bonds. The number of hydrogen-bond donors (Lipinski definition) is 2. The van der Waals surface area contributed by atoms with Gasteiger partial charge in [-0.25, -0.2) is 0 Å². The summed E-state index contributed by atoms with van der Waals surface area (Å²) in [5, 5.41) is 6.89. The highest BCUT2D eigenvalue weighted by Gasteiger charge is 2.19. The molecule has 1 aromatic carbocycles. The molecule has 0 aromatic heterocycles. The maximum Gasteiger partial charge on any atom is 0.191 e.